The monoisotopic (exact) mass is 702 g/mol. The Kier molecular flexibility index (Phi) is 33.1. The number of carboxylic acid groups (broad SMARTS) is 2. The molecule has 0 radical (unpaired) electrons. The number of benzene rings is 3. The maximum atomic E-state index is 11.2. The van der Waals surface area contributed by atoms with Crippen LogP contribution < -0.4 is 108 Å². The summed E-state index contributed by atoms with van der Waals surface area (Å²) in [7, 11) is 0. The molecule has 3 aromatic rings. The van der Waals surface area contributed by atoms with Crippen LogP contribution in [0.1, 0.15) is 24.1 Å². The van der Waals surface area contributed by atoms with Gasteiger partial charge in [0.05, 0.1) is 31.2 Å². The average Bonchev–Trinajstić information content (AvgIpc) is 3.95. The van der Waals surface area contributed by atoms with Gasteiger partial charge in [0.2, 0.25) is 0 Å². The molecular weight excluding hydrogens is 666 g/mol. The summed E-state index contributed by atoms with van der Waals surface area (Å²) in [5.74, 6) is -1.75. The van der Waals surface area contributed by atoms with Gasteiger partial charge in [-0.15, -0.1) is 11.6 Å². The van der Waals surface area contributed by atoms with E-state index < -0.39 is 11.9 Å². The summed E-state index contributed by atoms with van der Waals surface area (Å²) < 4.78 is 14.6. The van der Waals surface area contributed by atoms with E-state index in [2.05, 4.69) is 0 Å². The van der Waals surface area contributed by atoms with Gasteiger partial charge in [0, 0.05) is 12.2 Å². The second-order valence-corrected chi connectivity index (χ2v) is 8.89. The Hall–Kier alpha value is -1.27. The zero-order valence-electron chi connectivity index (χ0n) is 25.2. The molecule has 2 unspecified atom stereocenters. The van der Waals surface area contributed by atoms with Gasteiger partial charge in [0.25, 0.3) is 0 Å². The van der Waals surface area contributed by atoms with Gasteiger partial charge in [-0.05, 0) is 34.9 Å². The van der Waals surface area contributed by atoms with E-state index in [9.17, 15) is 19.5 Å². The zero-order chi connectivity index (χ0) is 30.4. The molecule has 0 bridgehead atoms. The minimum Gasteiger partial charge on any atom is -0.870 e. The first-order valence-electron chi connectivity index (χ1n) is 12.9. The van der Waals surface area contributed by atoms with Gasteiger partial charge in [-0.25, -0.2) is 9.59 Å². The molecule has 2 saturated heterocycles. The number of aliphatic carboxylic acids is 2. The van der Waals surface area contributed by atoms with E-state index in [1.807, 2.05) is 91.0 Å². The van der Waals surface area contributed by atoms with Crippen LogP contribution in [-0.4, -0.2) is 66.4 Å². The molecule has 5 rings (SSSR count). The third kappa shape index (κ3) is 28.9. The topological polar surface area (TPSA) is 159 Å². The van der Waals surface area contributed by atoms with Crippen LogP contribution in [0.25, 0.3) is 18.2 Å². The van der Waals surface area contributed by atoms with Crippen molar-refractivity contribution in [1.29, 1.82) is 0 Å². The number of hydrogen-bond donors (Lipinski definition) is 1. The summed E-state index contributed by atoms with van der Waals surface area (Å²) in [5, 5.41) is 18.3. The van der Waals surface area contributed by atoms with Crippen LogP contribution in [0.3, 0.4) is 0 Å². The summed E-state index contributed by atoms with van der Waals surface area (Å²) in [5.41, 5.74) is 2.74. The molecule has 0 saturated carbocycles. The van der Waals surface area contributed by atoms with Crippen LogP contribution >= 0.6 is 11.6 Å². The molecule has 3 aromatic carbocycles. The predicted molar refractivity (Wildman–Crippen MR) is 169 cm³/mol. The normalized spacial score (nSPS) is 14.8. The van der Waals surface area contributed by atoms with Crippen molar-refractivity contribution in [3.63, 3.8) is 0 Å². The molecule has 2 aliphatic heterocycles. The fourth-order valence-corrected chi connectivity index (χ4v) is 2.91. The largest absolute Gasteiger partial charge is 1.00 e. The molecule has 2 N–H and O–H groups in total. The van der Waals surface area contributed by atoms with Crippen molar-refractivity contribution >= 4 is 47.7 Å². The molecule has 9 nitrogen and oxygen atoms in total. The first-order valence-corrected chi connectivity index (χ1v) is 13.5. The van der Waals surface area contributed by atoms with Crippen LogP contribution in [0, 0.1) is 0 Å². The second-order valence-electron chi connectivity index (χ2n) is 8.58. The zero-order valence-corrected chi connectivity index (χ0v) is 32.2. The molecule has 0 spiro atoms. The van der Waals surface area contributed by atoms with Gasteiger partial charge in [-0.1, -0.05) is 104 Å². The quantitative estimate of drug-likeness (QED) is 0.0968. The van der Waals surface area contributed by atoms with Crippen molar-refractivity contribution in [2.45, 2.75) is 19.6 Å². The fourth-order valence-electron chi connectivity index (χ4n) is 2.73. The number of halogens is 1. The Balaban J connectivity index is -0.000000545. The summed E-state index contributed by atoms with van der Waals surface area (Å²) in [6.07, 6.45) is 8.87. The van der Waals surface area contributed by atoms with Crippen molar-refractivity contribution in [2.75, 3.05) is 25.7 Å². The van der Waals surface area contributed by atoms with E-state index >= 15 is 0 Å². The third-order valence-electron chi connectivity index (χ3n) is 5.03. The molecule has 12 heteroatoms. The number of carbonyl (C=O) groups is 3. The molecule has 0 aromatic heterocycles. The Labute approximate surface area is 360 Å². The third-order valence-corrected chi connectivity index (χ3v) is 5.37. The molecule has 0 amide bonds. The number of epoxide rings is 2. The van der Waals surface area contributed by atoms with Crippen molar-refractivity contribution in [3.8, 4) is 0 Å². The van der Waals surface area contributed by atoms with Crippen LogP contribution in [0.2, 0.25) is 0 Å². The molecule has 2 heterocycles. The Bertz CT molecular complexity index is 1240. The van der Waals surface area contributed by atoms with Crippen LogP contribution in [0.15, 0.2) is 109 Å². The first-order chi connectivity index (χ1) is 20.4. The Morgan fingerprint density at radius 3 is 1.41 bits per heavy atom. The molecule has 2 aliphatic rings. The molecule has 46 heavy (non-hydrogen) atoms. The van der Waals surface area contributed by atoms with Crippen LogP contribution in [0.4, 0.5) is 0 Å². The molecule has 236 valence electrons. The van der Waals surface area contributed by atoms with Gasteiger partial charge in [-0.2, -0.15) is 0 Å². The first kappa shape index (κ1) is 49.1. The van der Waals surface area contributed by atoms with Crippen molar-refractivity contribution in [2.24, 2.45) is 0 Å². The number of ether oxygens (including phenoxy) is 3. The van der Waals surface area contributed by atoms with Crippen molar-refractivity contribution < 1.29 is 147 Å². The Morgan fingerprint density at radius 2 is 1.11 bits per heavy atom. The van der Waals surface area contributed by atoms with E-state index in [0.29, 0.717) is 25.2 Å². The SMILES string of the molecule is C.ClCC1CO1.O=C(/C=C/c1ccccc1)OCC1CO1.O=C(O)/C=C/c1ccccc1.O=C([O-])/C=C/c1ccccc1.[K+].[K+].[OH-]. The molecular formula is C34H37ClK2O9. The molecule has 0 aliphatic carbocycles. The summed E-state index contributed by atoms with van der Waals surface area (Å²) in [4.78, 5) is 31.2. The van der Waals surface area contributed by atoms with Gasteiger partial charge < -0.3 is 34.7 Å². The summed E-state index contributed by atoms with van der Waals surface area (Å²) in [6, 6.07) is 28.1. The van der Waals surface area contributed by atoms with Crippen LogP contribution in [-0.2, 0) is 28.6 Å². The number of carboxylic acids is 2. The number of carbonyl (C=O) groups excluding carboxylic acids is 2. The molecule has 2 atom stereocenters. The van der Waals surface area contributed by atoms with E-state index in [-0.39, 0.29) is 128 Å². The number of hydrogen-bond acceptors (Lipinski definition) is 8. The van der Waals surface area contributed by atoms with E-state index in [0.717, 1.165) is 35.4 Å². The predicted octanol–water partition coefficient (Wildman–Crippen LogP) is -1.03. The number of rotatable bonds is 9. The standard InChI is InChI=1S/C12H12O3.2C9H8O2.C3H5ClO.CH4.2K.H2O/c13-12(15-9-11-8-14-11)7-6-10-4-2-1-3-5-10;2*10-9(11)7-6-8-4-2-1-3-5-8;4-1-3-2-5-3;;;;/h1-7,11H,8-9H2;2*1-7H,(H,10,11);3H,1-2H2;1H4;;;1H2/q;;;;;2*+1;/p-2/b3*7-6+;;;;;. The van der Waals surface area contributed by atoms with E-state index in [4.69, 9.17) is 30.9 Å². The second kappa shape index (κ2) is 31.0. The van der Waals surface area contributed by atoms with E-state index in [1.165, 1.54) is 12.2 Å². The van der Waals surface area contributed by atoms with Gasteiger partial charge in [0.1, 0.15) is 12.7 Å². The van der Waals surface area contributed by atoms with Gasteiger partial charge in [0.15, 0.2) is 0 Å². The minimum absolute atomic E-state index is 0. The fraction of sp³-hybridized carbons (Fsp3) is 0.206. The summed E-state index contributed by atoms with van der Waals surface area (Å²) >= 11 is 5.27. The average molecular weight is 703 g/mol. The van der Waals surface area contributed by atoms with Crippen molar-refractivity contribution in [3.05, 3.63) is 126 Å². The Morgan fingerprint density at radius 1 is 0.739 bits per heavy atom. The molecule has 2 fully saturated rings. The number of esters is 1. The van der Waals surface area contributed by atoms with Gasteiger partial charge in [-0.3, -0.25) is 0 Å². The minimum atomic E-state index is -1.17. The van der Waals surface area contributed by atoms with Crippen LogP contribution in [0.5, 0.6) is 0 Å². The maximum absolute atomic E-state index is 11.2. The van der Waals surface area contributed by atoms with Crippen molar-refractivity contribution in [1.82, 2.24) is 0 Å². The number of alkyl halides is 1. The maximum Gasteiger partial charge on any atom is 1.00 e. The van der Waals surface area contributed by atoms with Gasteiger partial charge >= 0.3 is 115 Å². The summed E-state index contributed by atoms with van der Waals surface area (Å²) in [6.45, 7) is 1.94. The van der Waals surface area contributed by atoms with E-state index in [1.54, 1.807) is 12.2 Å². The smallest absolute Gasteiger partial charge is 0.870 e.